The highest BCUT2D eigenvalue weighted by atomic mass is 32.2. The third kappa shape index (κ3) is 3.06. The van der Waals surface area contributed by atoms with Gasteiger partial charge in [-0.25, -0.2) is 17.9 Å². The van der Waals surface area contributed by atoms with Gasteiger partial charge >= 0.3 is 6.09 Å². The van der Waals surface area contributed by atoms with Crippen molar-refractivity contribution in [2.24, 2.45) is 0 Å². The first-order valence-electron chi connectivity index (χ1n) is 5.00. The van der Waals surface area contributed by atoms with Crippen molar-refractivity contribution in [2.45, 2.75) is 25.4 Å². The minimum absolute atomic E-state index is 0.0413. The molecule has 94 valence electrons. The standard InChI is InChI=1S/C8H16N2O5S/c1-2-16(14,15)9-6-3-7(5-11)10(4-6)8(12)13/h6-7,9,11H,2-5H2,1H3,(H,12,13)/t6-,7-/m0/s1. The van der Waals surface area contributed by atoms with Crippen LogP contribution in [-0.4, -0.2) is 60.6 Å². The summed E-state index contributed by atoms with van der Waals surface area (Å²) < 4.78 is 25.0. The third-order valence-electron chi connectivity index (χ3n) is 2.60. The van der Waals surface area contributed by atoms with Gasteiger partial charge in [-0.15, -0.1) is 0 Å². The maximum absolute atomic E-state index is 11.3. The number of nitrogens with zero attached hydrogens (tertiary/aromatic N) is 1. The molecule has 0 aromatic carbocycles. The predicted octanol–water partition coefficient (Wildman–Crippen LogP) is -0.961. The second kappa shape index (κ2) is 4.98. The van der Waals surface area contributed by atoms with Gasteiger partial charge in [0.05, 0.1) is 18.4 Å². The highest BCUT2D eigenvalue weighted by molar-refractivity contribution is 7.89. The number of rotatable bonds is 4. The molecule has 0 radical (unpaired) electrons. The summed E-state index contributed by atoms with van der Waals surface area (Å²) in [6.07, 6.45) is -0.834. The van der Waals surface area contributed by atoms with E-state index in [1.807, 2.05) is 0 Å². The fraction of sp³-hybridized carbons (Fsp3) is 0.875. The van der Waals surface area contributed by atoms with Gasteiger partial charge in [0.1, 0.15) is 0 Å². The number of carboxylic acid groups (broad SMARTS) is 1. The van der Waals surface area contributed by atoms with Crippen molar-refractivity contribution < 1.29 is 23.4 Å². The van der Waals surface area contributed by atoms with Gasteiger partial charge in [0.2, 0.25) is 10.0 Å². The van der Waals surface area contributed by atoms with E-state index < -0.39 is 28.2 Å². The van der Waals surface area contributed by atoms with Gasteiger partial charge < -0.3 is 15.1 Å². The predicted molar refractivity (Wildman–Crippen MR) is 56.6 cm³/mol. The Morgan fingerprint density at radius 1 is 1.56 bits per heavy atom. The van der Waals surface area contributed by atoms with E-state index in [2.05, 4.69) is 4.72 Å². The number of amides is 1. The number of carbonyl (C=O) groups is 1. The van der Waals surface area contributed by atoms with Crippen LogP contribution in [0.4, 0.5) is 4.79 Å². The van der Waals surface area contributed by atoms with Crippen LogP contribution in [0.1, 0.15) is 13.3 Å². The molecule has 7 nitrogen and oxygen atoms in total. The Hall–Kier alpha value is -0.860. The monoisotopic (exact) mass is 252 g/mol. The molecule has 2 atom stereocenters. The smallest absolute Gasteiger partial charge is 0.407 e. The van der Waals surface area contributed by atoms with Crippen molar-refractivity contribution in [2.75, 3.05) is 18.9 Å². The molecule has 16 heavy (non-hydrogen) atoms. The average molecular weight is 252 g/mol. The fourth-order valence-corrected chi connectivity index (χ4v) is 2.59. The van der Waals surface area contributed by atoms with Gasteiger partial charge in [0.25, 0.3) is 0 Å². The lowest BCUT2D eigenvalue weighted by atomic mass is 10.2. The summed E-state index contributed by atoms with van der Waals surface area (Å²) in [7, 11) is -3.33. The number of aliphatic hydroxyl groups excluding tert-OH is 1. The molecule has 0 spiro atoms. The van der Waals surface area contributed by atoms with Crippen molar-refractivity contribution in [3.63, 3.8) is 0 Å². The summed E-state index contributed by atoms with van der Waals surface area (Å²) in [5, 5.41) is 17.8. The minimum atomic E-state index is -3.33. The summed E-state index contributed by atoms with van der Waals surface area (Å²) >= 11 is 0. The highest BCUT2D eigenvalue weighted by Crippen LogP contribution is 2.18. The van der Waals surface area contributed by atoms with Crippen molar-refractivity contribution in [3.8, 4) is 0 Å². The Kier molecular flexibility index (Phi) is 4.11. The SMILES string of the molecule is CCS(=O)(=O)N[C@H]1C[C@@H](CO)N(C(=O)O)C1. The van der Waals surface area contributed by atoms with E-state index in [4.69, 9.17) is 10.2 Å². The van der Waals surface area contributed by atoms with Gasteiger partial charge in [-0.05, 0) is 13.3 Å². The quantitative estimate of drug-likeness (QED) is 0.597. The second-order valence-electron chi connectivity index (χ2n) is 3.73. The molecule has 0 unspecified atom stereocenters. The first kappa shape index (κ1) is 13.2. The lowest BCUT2D eigenvalue weighted by Gasteiger charge is -2.18. The molecular formula is C8H16N2O5S. The molecule has 3 N–H and O–H groups in total. The molecule has 1 aliphatic rings. The molecule has 0 bridgehead atoms. The first-order valence-corrected chi connectivity index (χ1v) is 6.65. The number of sulfonamides is 1. The summed E-state index contributed by atoms with van der Waals surface area (Å²) in [6.45, 7) is 1.30. The minimum Gasteiger partial charge on any atom is -0.465 e. The van der Waals surface area contributed by atoms with Gasteiger partial charge in [-0.1, -0.05) is 0 Å². The normalized spacial score (nSPS) is 26.0. The lowest BCUT2D eigenvalue weighted by Crippen LogP contribution is -2.39. The highest BCUT2D eigenvalue weighted by Gasteiger charge is 2.36. The third-order valence-corrected chi connectivity index (χ3v) is 4.05. The van der Waals surface area contributed by atoms with E-state index in [1.165, 1.54) is 6.92 Å². The van der Waals surface area contributed by atoms with E-state index >= 15 is 0 Å². The van der Waals surface area contributed by atoms with Crippen molar-refractivity contribution in [1.82, 2.24) is 9.62 Å². The molecule has 1 rings (SSSR count). The molecule has 1 fully saturated rings. The average Bonchev–Trinajstić information content (AvgIpc) is 2.60. The zero-order valence-corrected chi connectivity index (χ0v) is 9.77. The van der Waals surface area contributed by atoms with Crippen LogP contribution in [-0.2, 0) is 10.0 Å². The van der Waals surface area contributed by atoms with Crippen molar-refractivity contribution in [3.05, 3.63) is 0 Å². The first-order chi connectivity index (χ1) is 7.39. The largest absolute Gasteiger partial charge is 0.465 e. The van der Waals surface area contributed by atoms with Crippen molar-refractivity contribution in [1.29, 1.82) is 0 Å². The Balaban J connectivity index is 2.65. The summed E-state index contributed by atoms with van der Waals surface area (Å²) in [6, 6.07) is -0.972. The van der Waals surface area contributed by atoms with E-state index in [1.54, 1.807) is 0 Å². The Bertz CT molecular complexity index is 355. The number of hydrogen-bond acceptors (Lipinski definition) is 4. The molecule has 1 aliphatic heterocycles. The molecule has 0 aromatic rings. The topological polar surface area (TPSA) is 107 Å². The lowest BCUT2D eigenvalue weighted by molar-refractivity contribution is 0.118. The Morgan fingerprint density at radius 2 is 2.19 bits per heavy atom. The van der Waals surface area contributed by atoms with E-state index in [0.29, 0.717) is 6.42 Å². The van der Waals surface area contributed by atoms with E-state index in [-0.39, 0.29) is 18.9 Å². The molecule has 0 aliphatic carbocycles. The molecule has 1 saturated heterocycles. The van der Waals surface area contributed by atoms with E-state index in [9.17, 15) is 13.2 Å². The molecule has 0 saturated carbocycles. The van der Waals surface area contributed by atoms with Gasteiger partial charge in [-0.2, -0.15) is 0 Å². The number of likely N-dealkylation sites (tertiary alicyclic amines) is 1. The van der Waals surface area contributed by atoms with Gasteiger partial charge in [-0.3, -0.25) is 0 Å². The van der Waals surface area contributed by atoms with Crippen LogP contribution >= 0.6 is 0 Å². The van der Waals surface area contributed by atoms with Crippen LogP contribution in [0.5, 0.6) is 0 Å². The van der Waals surface area contributed by atoms with Crippen LogP contribution in [0.25, 0.3) is 0 Å². The Labute approximate surface area is 94.1 Å². The number of hydrogen-bond donors (Lipinski definition) is 3. The van der Waals surface area contributed by atoms with Gasteiger partial charge in [0, 0.05) is 12.6 Å². The van der Waals surface area contributed by atoms with Crippen LogP contribution in [0.15, 0.2) is 0 Å². The Morgan fingerprint density at radius 3 is 2.56 bits per heavy atom. The maximum Gasteiger partial charge on any atom is 0.407 e. The van der Waals surface area contributed by atoms with Crippen LogP contribution in [0, 0.1) is 0 Å². The molecule has 0 aromatic heterocycles. The second-order valence-corrected chi connectivity index (χ2v) is 5.77. The molecule has 1 heterocycles. The van der Waals surface area contributed by atoms with Crippen molar-refractivity contribution >= 4 is 16.1 Å². The zero-order valence-electron chi connectivity index (χ0n) is 8.96. The zero-order chi connectivity index (χ0) is 12.3. The van der Waals surface area contributed by atoms with Crippen LogP contribution < -0.4 is 4.72 Å². The summed E-state index contributed by atoms with van der Waals surface area (Å²) in [5.41, 5.74) is 0. The fourth-order valence-electron chi connectivity index (χ4n) is 1.75. The maximum atomic E-state index is 11.3. The van der Waals surface area contributed by atoms with Crippen LogP contribution in [0.3, 0.4) is 0 Å². The summed E-state index contributed by atoms with van der Waals surface area (Å²) in [4.78, 5) is 11.8. The summed E-state index contributed by atoms with van der Waals surface area (Å²) in [5.74, 6) is -0.0413. The molecule has 1 amide bonds. The number of nitrogens with one attached hydrogen (secondary N) is 1. The molecular weight excluding hydrogens is 236 g/mol. The van der Waals surface area contributed by atoms with E-state index in [0.717, 1.165) is 4.90 Å². The van der Waals surface area contributed by atoms with Crippen LogP contribution in [0.2, 0.25) is 0 Å². The number of aliphatic hydroxyl groups is 1. The molecule has 8 heteroatoms. The van der Waals surface area contributed by atoms with Gasteiger partial charge in [0.15, 0.2) is 0 Å².